The highest BCUT2D eigenvalue weighted by Crippen LogP contribution is 2.46. The van der Waals surface area contributed by atoms with Crippen LogP contribution in [-0.4, -0.2) is 24.1 Å². The van der Waals surface area contributed by atoms with Gasteiger partial charge >= 0.3 is 11.9 Å². The molecule has 3 aliphatic rings. The Labute approximate surface area is 68.8 Å². The molecule has 2 saturated heterocycles. The first kappa shape index (κ1) is 6.60. The van der Waals surface area contributed by atoms with E-state index < -0.39 is 0 Å². The molecule has 0 amide bonds. The second-order valence-electron chi connectivity index (χ2n) is 3.64. The van der Waals surface area contributed by atoms with E-state index in [4.69, 9.17) is 4.74 Å². The Morgan fingerprint density at radius 1 is 1.00 bits per heavy atom. The molecule has 0 aromatic rings. The second kappa shape index (κ2) is 1.88. The van der Waals surface area contributed by atoms with Gasteiger partial charge in [-0.3, -0.25) is 9.59 Å². The van der Waals surface area contributed by atoms with Crippen molar-refractivity contribution in [2.75, 3.05) is 0 Å². The van der Waals surface area contributed by atoms with E-state index in [1.165, 1.54) is 0 Å². The Hall–Kier alpha value is -0.900. The monoisotopic (exact) mass is 168 g/mol. The fourth-order valence-corrected chi connectivity index (χ4v) is 2.19. The molecule has 0 unspecified atom stereocenters. The number of ether oxygens (including phenoxy) is 2. The third-order valence-corrected chi connectivity index (χ3v) is 2.95. The van der Waals surface area contributed by atoms with Crippen LogP contribution in [0.2, 0.25) is 0 Å². The van der Waals surface area contributed by atoms with Crippen LogP contribution in [0.3, 0.4) is 0 Å². The third-order valence-electron chi connectivity index (χ3n) is 2.95. The van der Waals surface area contributed by atoms with Crippen molar-refractivity contribution in [2.24, 2.45) is 11.8 Å². The van der Waals surface area contributed by atoms with Gasteiger partial charge in [0, 0.05) is 0 Å². The van der Waals surface area contributed by atoms with Gasteiger partial charge in [-0.1, -0.05) is 0 Å². The normalized spacial score (nSPS) is 49.7. The lowest BCUT2D eigenvalue weighted by atomic mass is 9.81. The number of hydrogen-bond acceptors (Lipinski definition) is 4. The molecule has 0 radical (unpaired) electrons. The Kier molecular flexibility index (Phi) is 1.03. The highest BCUT2D eigenvalue weighted by atomic mass is 16.6. The molecule has 3 fully saturated rings. The van der Waals surface area contributed by atoms with Gasteiger partial charge in [-0.2, -0.15) is 0 Å². The van der Waals surface area contributed by atoms with Gasteiger partial charge in [0.1, 0.15) is 0 Å². The number of cyclic esters (lactones) is 2. The fraction of sp³-hybridized carbons (Fsp3) is 0.750. The van der Waals surface area contributed by atoms with Crippen molar-refractivity contribution in [1.82, 2.24) is 0 Å². The van der Waals surface area contributed by atoms with E-state index in [2.05, 4.69) is 4.74 Å². The smallest absolute Gasteiger partial charge is 0.317 e. The van der Waals surface area contributed by atoms with E-state index in [1.807, 2.05) is 0 Å². The summed E-state index contributed by atoms with van der Waals surface area (Å²) in [5.74, 6) is -1.11. The highest BCUT2D eigenvalue weighted by molar-refractivity contribution is 5.96. The molecule has 1 aliphatic carbocycles. The molecule has 0 aromatic heterocycles. The van der Waals surface area contributed by atoms with Crippen molar-refractivity contribution >= 4 is 11.9 Å². The summed E-state index contributed by atoms with van der Waals surface area (Å²) in [4.78, 5) is 22.2. The molecule has 64 valence electrons. The van der Waals surface area contributed by atoms with E-state index in [-0.39, 0.29) is 36.0 Å². The van der Waals surface area contributed by atoms with Gasteiger partial charge in [-0.15, -0.1) is 0 Å². The summed E-state index contributed by atoms with van der Waals surface area (Å²) < 4.78 is 9.79. The summed E-state index contributed by atoms with van der Waals surface area (Å²) in [5.41, 5.74) is 0. The molecule has 2 heterocycles. The molecule has 12 heavy (non-hydrogen) atoms. The minimum Gasteiger partial charge on any atom is -0.393 e. The van der Waals surface area contributed by atoms with Crippen molar-refractivity contribution < 1.29 is 19.1 Å². The Morgan fingerprint density at radius 2 is 1.50 bits per heavy atom. The maximum Gasteiger partial charge on any atom is 0.317 e. The van der Waals surface area contributed by atoms with Crippen LogP contribution < -0.4 is 0 Å². The van der Waals surface area contributed by atoms with Crippen LogP contribution in [0.25, 0.3) is 0 Å². The molecule has 3 rings (SSSR count). The second-order valence-corrected chi connectivity index (χ2v) is 3.64. The Bertz CT molecular complexity index is 246. The summed E-state index contributed by atoms with van der Waals surface area (Å²) in [5, 5.41) is 0. The van der Waals surface area contributed by atoms with E-state index in [9.17, 15) is 9.59 Å². The summed E-state index contributed by atoms with van der Waals surface area (Å²) in [6.45, 7) is 0. The number of fused-ring (bicyclic) bond motifs is 2. The van der Waals surface area contributed by atoms with Crippen molar-refractivity contribution in [3.8, 4) is 0 Å². The number of carbonyl (C=O) groups is 2. The number of carbonyl (C=O) groups excluding carboxylic acids is 2. The largest absolute Gasteiger partial charge is 0.393 e. The van der Waals surface area contributed by atoms with Gasteiger partial charge in [0.25, 0.3) is 0 Å². The van der Waals surface area contributed by atoms with Crippen LogP contribution in [0, 0.1) is 11.8 Å². The summed E-state index contributed by atoms with van der Waals surface area (Å²) in [6, 6.07) is 0. The van der Waals surface area contributed by atoms with Crippen LogP contribution in [0.15, 0.2) is 0 Å². The topological polar surface area (TPSA) is 55.9 Å². The number of hydrogen-bond donors (Lipinski definition) is 0. The van der Waals surface area contributed by atoms with Crippen LogP contribution in [0.4, 0.5) is 0 Å². The number of rotatable bonds is 0. The van der Waals surface area contributed by atoms with Gasteiger partial charge in [0.2, 0.25) is 0 Å². The zero-order valence-corrected chi connectivity index (χ0v) is 6.36. The standard InChI is InChI=1S/C8H8O4/c9-7-3-1-5-6(11-5)2-4(3)8(10)12-7/h3-6H,1-2H2/t3-,4-,5-,6-/m1/s1. The highest BCUT2D eigenvalue weighted by Gasteiger charge is 2.57. The van der Waals surface area contributed by atoms with Gasteiger partial charge in [-0.05, 0) is 12.8 Å². The lowest BCUT2D eigenvalue weighted by molar-refractivity contribution is -0.153. The molecule has 0 bridgehead atoms. The van der Waals surface area contributed by atoms with E-state index in [1.54, 1.807) is 0 Å². The molecule has 4 atom stereocenters. The quantitative estimate of drug-likeness (QED) is 0.287. The van der Waals surface area contributed by atoms with Crippen molar-refractivity contribution in [3.05, 3.63) is 0 Å². The minimum absolute atomic E-state index is 0.207. The first-order chi connectivity index (χ1) is 5.75. The maximum absolute atomic E-state index is 11.1. The Morgan fingerprint density at radius 3 is 2.00 bits per heavy atom. The summed E-state index contributed by atoms with van der Waals surface area (Å²) in [6.07, 6.45) is 1.81. The Balaban J connectivity index is 1.90. The van der Waals surface area contributed by atoms with Crippen LogP contribution in [0.1, 0.15) is 12.8 Å². The van der Waals surface area contributed by atoms with Crippen LogP contribution >= 0.6 is 0 Å². The zero-order chi connectivity index (χ0) is 8.29. The molecule has 4 nitrogen and oxygen atoms in total. The lowest BCUT2D eigenvalue weighted by Crippen LogP contribution is -2.26. The third kappa shape index (κ3) is 0.705. The summed E-state index contributed by atoms with van der Waals surface area (Å²) >= 11 is 0. The molecule has 0 aromatic carbocycles. The van der Waals surface area contributed by atoms with E-state index in [0.717, 1.165) is 0 Å². The minimum atomic E-state index is -0.348. The molecule has 4 heteroatoms. The molecule has 2 aliphatic heterocycles. The number of epoxide rings is 1. The molecular formula is C8H8O4. The molecule has 0 spiro atoms. The average Bonchev–Trinajstić information content (AvgIpc) is 2.73. The first-order valence-corrected chi connectivity index (χ1v) is 4.16. The SMILES string of the molecule is O=C1OC(=O)[C@@H]2C[C@H]3O[C@@H]3C[C@@H]12. The zero-order valence-electron chi connectivity index (χ0n) is 6.36. The maximum atomic E-state index is 11.1. The summed E-state index contributed by atoms with van der Waals surface area (Å²) in [7, 11) is 0. The number of esters is 2. The average molecular weight is 168 g/mol. The van der Waals surface area contributed by atoms with Gasteiger partial charge in [0.15, 0.2) is 0 Å². The van der Waals surface area contributed by atoms with Gasteiger partial charge in [-0.25, -0.2) is 0 Å². The predicted molar refractivity (Wildman–Crippen MR) is 36.0 cm³/mol. The fourth-order valence-electron chi connectivity index (χ4n) is 2.19. The lowest BCUT2D eigenvalue weighted by Gasteiger charge is -2.14. The van der Waals surface area contributed by atoms with Gasteiger partial charge in [0.05, 0.1) is 24.0 Å². The van der Waals surface area contributed by atoms with Gasteiger partial charge < -0.3 is 9.47 Å². The molecular weight excluding hydrogens is 160 g/mol. The van der Waals surface area contributed by atoms with E-state index in [0.29, 0.717) is 12.8 Å². The molecule has 1 saturated carbocycles. The van der Waals surface area contributed by atoms with E-state index >= 15 is 0 Å². The van der Waals surface area contributed by atoms with Crippen LogP contribution in [0.5, 0.6) is 0 Å². The van der Waals surface area contributed by atoms with Crippen molar-refractivity contribution in [2.45, 2.75) is 25.0 Å². The molecule has 0 N–H and O–H groups in total. The predicted octanol–water partition coefficient (Wildman–Crippen LogP) is -0.137. The van der Waals surface area contributed by atoms with Crippen LogP contribution in [-0.2, 0) is 19.1 Å². The van der Waals surface area contributed by atoms with Crippen molar-refractivity contribution in [3.63, 3.8) is 0 Å². The first-order valence-electron chi connectivity index (χ1n) is 4.16. The van der Waals surface area contributed by atoms with Crippen molar-refractivity contribution in [1.29, 1.82) is 0 Å².